The molecule has 2 aromatic rings. The molecule has 0 amide bonds. The normalized spacial score (nSPS) is 17.2. The summed E-state index contributed by atoms with van der Waals surface area (Å²) in [6, 6.07) is -0.787. The van der Waals surface area contributed by atoms with Crippen LogP contribution >= 0.6 is 0 Å². The number of aliphatic carboxylic acids is 1. The largest absolute Gasteiger partial charge is 0.481 e. The highest BCUT2D eigenvalue weighted by atomic mass is 32.2. The molecule has 32 heavy (non-hydrogen) atoms. The van der Waals surface area contributed by atoms with Crippen molar-refractivity contribution in [3.05, 3.63) is 46.8 Å². The van der Waals surface area contributed by atoms with Crippen molar-refractivity contribution < 1.29 is 44.7 Å². The van der Waals surface area contributed by atoms with Gasteiger partial charge in [0.25, 0.3) is 0 Å². The summed E-state index contributed by atoms with van der Waals surface area (Å²) in [4.78, 5) is 9.61. The van der Waals surface area contributed by atoms with E-state index in [4.69, 9.17) is 5.11 Å². The molecule has 1 aromatic carbocycles. The first kappa shape index (κ1) is 24.0. The number of hydrogen-bond acceptors (Lipinski definition) is 4. The Kier molecular flexibility index (Phi) is 6.30. The van der Waals surface area contributed by atoms with Crippen molar-refractivity contribution in [2.24, 2.45) is 0 Å². The molecule has 0 radical (unpaired) electrons. The molecule has 0 saturated heterocycles. The van der Waals surface area contributed by atoms with Crippen molar-refractivity contribution in [3.8, 4) is 0 Å². The smallest absolute Gasteiger partial charge is 0.416 e. The molecule has 176 valence electrons. The van der Waals surface area contributed by atoms with Gasteiger partial charge in [-0.05, 0) is 37.5 Å². The van der Waals surface area contributed by atoms with Crippen LogP contribution in [0.1, 0.15) is 47.7 Å². The highest BCUT2D eigenvalue weighted by Gasteiger charge is 2.39. The summed E-state index contributed by atoms with van der Waals surface area (Å²) in [6.07, 6.45) is -8.12. The lowest BCUT2D eigenvalue weighted by atomic mass is 9.94. The molecular weight excluding hydrogens is 468 g/mol. The van der Waals surface area contributed by atoms with Crippen LogP contribution in [0, 0.1) is 0 Å². The number of aromatic nitrogens is 2. The number of nitrogens with zero attached hydrogens (tertiary/aromatic N) is 2. The molecular formula is C18H17F6N3O4S. The van der Waals surface area contributed by atoms with Gasteiger partial charge in [0.1, 0.15) is 0 Å². The van der Waals surface area contributed by atoms with E-state index in [0.717, 1.165) is 0 Å². The Morgan fingerprint density at radius 3 is 2.25 bits per heavy atom. The first-order valence-electron chi connectivity index (χ1n) is 9.26. The van der Waals surface area contributed by atoms with Crippen molar-refractivity contribution in [2.45, 2.75) is 55.5 Å². The second-order valence-electron chi connectivity index (χ2n) is 7.22. The monoisotopic (exact) mass is 485 g/mol. The van der Waals surface area contributed by atoms with E-state index in [2.05, 4.69) is 9.82 Å². The molecule has 0 spiro atoms. The molecule has 1 aromatic heterocycles. The van der Waals surface area contributed by atoms with E-state index in [1.54, 1.807) is 0 Å². The molecule has 1 atom stereocenters. The van der Waals surface area contributed by atoms with E-state index in [9.17, 15) is 39.6 Å². The average Bonchev–Trinajstić information content (AvgIpc) is 3.08. The van der Waals surface area contributed by atoms with Gasteiger partial charge in [-0.3, -0.25) is 9.48 Å². The third-order valence-corrected chi connectivity index (χ3v) is 6.42. The van der Waals surface area contributed by atoms with Gasteiger partial charge in [-0.25, -0.2) is 13.1 Å². The number of carbonyl (C=O) groups is 1. The molecule has 0 bridgehead atoms. The van der Waals surface area contributed by atoms with Crippen LogP contribution in [0.2, 0.25) is 0 Å². The molecule has 7 nitrogen and oxygen atoms in total. The van der Waals surface area contributed by atoms with Gasteiger partial charge in [0.05, 0.1) is 41.2 Å². The van der Waals surface area contributed by atoms with Gasteiger partial charge in [0.2, 0.25) is 10.0 Å². The number of nitrogens with one attached hydrogen (secondary N) is 1. The van der Waals surface area contributed by atoms with Crippen molar-refractivity contribution in [2.75, 3.05) is 0 Å². The summed E-state index contributed by atoms with van der Waals surface area (Å²) < 4.78 is 108. The van der Waals surface area contributed by atoms with E-state index in [1.165, 1.54) is 10.9 Å². The number of halogens is 6. The lowest BCUT2D eigenvalue weighted by Gasteiger charge is -2.24. The Hall–Kier alpha value is -2.61. The van der Waals surface area contributed by atoms with Crippen LogP contribution in [0.5, 0.6) is 0 Å². The van der Waals surface area contributed by atoms with Crippen LogP contribution in [0.15, 0.2) is 29.3 Å². The van der Waals surface area contributed by atoms with Gasteiger partial charge in [-0.1, -0.05) is 0 Å². The summed E-state index contributed by atoms with van der Waals surface area (Å²) in [6.45, 7) is 0.0344. The maximum atomic E-state index is 13.1. The Morgan fingerprint density at radius 1 is 1.12 bits per heavy atom. The predicted octanol–water partition coefficient (Wildman–Crippen LogP) is 3.75. The van der Waals surface area contributed by atoms with E-state index < -0.39 is 50.4 Å². The van der Waals surface area contributed by atoms with Gasteiger partial charge >= 0.3 is 18.3 Å². The van der Waals surface area contributed by atoms with Gasteiger partial charge in [0.15, 0.2) is 0 Å². The number of hydrogen-bond donors (Lipinski definition) is 2. The molecule has 1 aliphatic carbocycles. The number of carboxylic acids is 1. The molecule has 0 saturated carbocycles. The van der Waals surface area contributed by atoms with Crippen molar-refractivity contribution in [1.82, 2.24) is 14.5 Å². The number of carboxylic acid groups (broad SMARTS) is 1. The summed E-state index contributed by atoms with van der Waals surface area (Å²) in [7, 11) is -4.77. The Balaban J connectivity index is 1.95. The molecule has 0 fully saturated rings. The average molecular weight is 485 g/mol. The van der Waals surface area contributed by atoms with Crippen LogP contribution in [0.4, 0.5) is 26.3 Å². The number of fused-ring (bicyclic) bond motifs is 1. The van der Waals surface area contributed by atoms with E-state index in [1.807, 2.05) is 0 Å². The molecule has 1 aliphatic rings. The highest BCUT2D eigenvalue weighted by molar-refractivity contribution is 7.89. The second-order valence-corrected chi connectivity index (χ2v) is 8.94. The summed E-state index contributed by atoms with van der Waals surface area (Å²) in [5.74, 6) is -1.06. The van der Waals surface area contributed by atoms with Gasteiger partial charge in [0, 0.05) is 11.3 Å². The first-order chi connectivity index (χ1) is 14.7. The lowest BCUT2D eigenvalue weighted by Crippen LogP contribution is -2.31. The zero-order valence-electron chi connectivity index (χ0n) is 16.2. The summed E-state index contributed by atoms with van der Waals surface area (Å²) in [5, 5.41) is 12.9. The molecule has 3 rings (SSSR count). The molecule has 14 heteroatoms. The first-order valence-corrected chi connectivity index (χ1v) is 10.7. The minimum Gasteiger partial charge on any atom is -0.481 e. The molecule has 1 heterocycles. The van der Waals surface area contributed by atoms with Crippen LogP contribution < -0.4 is 4.72 Å². The highest BCUT2D eigenvalue weighted by Crippen LogP contribution is 2.38. The van der Waals surface area contributed by atoms with Crippen molar-refractivity contribution >= 4 is 16.0 Å². The van der Waals surface area contributed by atoms with E-state index in [-0.39, 0.29) is 37.6 Å². The second kappa shape index (κ2) is 8.39. The Morgan fingerprint density at radius 2 is 1.72 bits per heavy atom. The van der Waals surface area contributed by atoms with Crippen LogP contribution in [-0.2, 0) is 40.1 Å². The minimum atomic E-state index is -5.19. The van der Waals surface area contributed by atoms with E-state index in [0.29, 0.717) is 24.1 Å². The standard InChI is InChI=1S/C18H17F6N3O4S/c19-17(20,21)10-6-11(18(22,23)24)8-12(7-10)32(30,31)26-14-2-1-3-15-13(14)9-25-27(15)5-4-16(28)29/h6-9,14,26H,1-5H2,(H,28,29)/t14-/m0/s1. The fourth-order valence-electron chi connectivity index (χ4n) is 3.47. The third kappa shape index (κ3) is 5.23. The maximum Gasteiger partial charge on any atom is 0.416 e. The number of alkyl halides is 6. The quantitative estimate of drug-likeness (QED) is 0.607. The number of benzene rings is 1. The molecule has 0 unspecified atom stereocenters. The predicted molar refractivity (Wildman–Crippen MR) is 96.9 cm³/mol. The number of rotatable bonds is 6. The van der Waals surface area contributed by atoms with Crippen LogP contribution in [0.25, 0.3) is 0 Å². The van der Waals surface area contributed by atoms with Crippen LogP contribution in [-0.4, -0.2) is 29.3 Å². The maximum absolute atomic E-state index is 13.1. The van der Waals surface area contributed by atoms with Crippen molar-refractivity contribution in [3.63, 3.8) is 0 Å². The molecule has 0 aliphatic heterocycles. The van der Waals surface area contributed by atoms with Gasteiger partial charge in [-0.15, -0.1) is 0 Å². The van der Waals surface area contributed by atoms with E-state index >= 15 is 0 Å². The SMILES string of the molecule is O=C(O)CCn1ncc2c1CCC[C@@H]2NS(=O)(=O)c1cc(C(F)(F)F)cc(C(F)(F)F)c1. The van der Waals surface area contributed by atoms with Crippen molar-refractivity contribution in [1.29, 1.82) is 0 Å². The fourth-order valence-corrected chi connectivity index (χ4v) is 4.79. The molecule has 2 N–H and O–H groups in total. The Bertz CT molecular complexity index is 1090. The minimum absolute atomic E-state index is 0.0344. The topological polar surface area (TPSA) is 101 Å². The summed E-state index contributed by atoms with van der Waals surface area (Å²) in [5.41, 5.74) is -2.52. The zero-order valence-corrected chi connectivity index (χ0v) is 17.0. The number of aryl methyl sites for hydroxylation is 1. The Labute approximate surface area is 178 Å². The lowest BCUT2D eigenvalue weighted by molar-refractivity contribution is -0.143. The van der Waals surface area contributed by atoms with Crippen LogP contribution in [0.3, 0.4) is 0 Å². The van der Waals surface area contributed by atoms with Gasteiger partial charge in [-0.2, -0.15) is 31.4 Å². The summed E-state index contributed by atoms with van der Waals surface area (Å²) >= 11 is 0. The fraction of sp³-hybridized carbons (Fsp3) is 0.444. The third-order valence-electron chi connectivity index (χ3n) is 4.97. The zero-order chi connectivity index (χ0) is 23.9. The number of sulfonamides is 1. The van der Waals surface area contributed by atoms with Gasteiger partial charge < -0.3 is 5.11 Å².